The van der Waals surface area contributed by atoms with Gasteiger partial charge in [-0.3, -0.25) is 19.7 Å². The summed E-state index contributed by atoms with van der Waals surface area (Å²) < 4.78 is 30.2. The van der Waals surface area contributed by atoms with Crippen LogP contribution in [0.4, 0.5) is 20.4 Å². The number of nitrogens with zero attached hydrogens (tertiary/aromatic N) is 3. The Balaban J connectivity index is 0.755. The zero-order chi connectivity index (χ0) is 39.3. The van der Waals surface area contributed by atoms with Gasteiger partial charge in [0.15, 0.2) is 5.82 Å². The summed E-state index contributed by atoms with van der Waals surface area (Å²) in [6.07, 6.45) is 10.9. The van der Waals surface area contributed by atoms with Crippen LogP contribution in [0.1, 0.15) is 88.5 Å². The molecule has 2 saturated heterocycles. The smallest absolute Gasteiger partial charge is 0.249 e. The standard InChI is InChI=1S/C45H51F2N7O3/c46-38-26-35(49-40-19-20-41(55)52-44(40)57)15-18-37(38)29-21-23-54(24-22-29)36-16-13-33(14-17-36)50-43(56)30-9-11-34(12-10-30)51-45-48-27-39(47)42(53-45)32-8-4-7-31(25-32)28-5-2-1-3-6-28/h1-8,15,18,25-27,29-30,33-34,36,40,49H,9-14,16-17,19-24H2,(H,50,56)(H,48,51,53)(H,52,55,57)/t30-,33?,34-,36?,40?. The lowest BCUT2D eigenvalue weighted by Crippen LogP contribution is -2.47. The Kier molecular flexibility index (Phi) is 11.9. The predicted octanol–water partition coefficient (Wildman–Crippen LogP) is 7.58. The van der Waals surface area contributed by atoms with Gasteiger partial charge >= 0.3 is 0 Å². The van der Waals surface area contributed by atoms with E-state index in [-0.39, 0.29) is 59.6 Å². The number of aromatic nitrogens is 2. The summed E-state index contributed by atoms with van der Waals surface area (Å²) >= 11 is 0. The third kappa shape index (κ3) is 9.33. The van der Waals surface area contributed by atoms with Crippen molar-refractivity contribution in [3.63, 3.8) is 0 Å². The second-order valence-corrected chi connectivity index (χ2v) is 16.2. The van der Waals surface area contributed by atoms with Crippen LogP contribution in [0.3, 0.4) is 0 Å². The number of benzene rings is 3. The molecule has 2 saturated carbocycles. The number of carbonyl (C=O) groups is 3. The summed E-state index contributed by atoms with van der Waals surface area (Å²) in [5.74, 6) is -0.702. The molecule has 4 fully saturated rings. The van der Waals surface area contributed by atoms with Crippen molar-refractivity contribution in [3.05, 3.63) is 96.2 Å². The fourth-order valence-electron chi connectivity index (χ4n) is 9.26. The average molecular weight is 776 g/mol. The van der Waals surface area contributed by atoms with Crippen LogP contribution in [-0.4, -0.2) is 69.8 Å². The predicted molar refractivity (Wildman–Crippen MR) is 216 cm³/mol. The highest BCUT2D eigenvalue weighted by molar-refractivity contribution is 6.01. The Labute approximate surface area is 332 Å². The number of nitrogens with one attached hydrogen (secondary N) is 4. The molecule has 57 heavy (non-hydrogen) atoms. The molecule has 2 aliphatic heterocycles. The van der Waals surface area contributed by atoms with Gasteiger partial charge in [0.2, 0.25) is 23.7 Å². The summed E-state index contributed by atoms with van der Waals surface area (Å²) in [6, 6.07) is 23.1. The number of carbonyl (C=O) groups excluding carboxylic acids is 3. The van der Waals surface area contributed by atoms with Crippen LogP contribution in [0.15, 0.2) is 79.0 Å². The van der Waals surface area contributed by atoms with E-state index in [2.05, 4.69) is 36.1 Å². The van der Waals surface area contributed by atoms with E-state index in [1.165, 1.54) is 12.3 Å². The molecule has 0 radical (unpaired) electrons. The third-order valence-electron chi connectivity index (χ3n) is 12.5. The van der Waals surface area contributed by atoms with E-state index in [4.69, 9.17) is 0 Å². The lowest BCUT2D eigenvalue weighted by atomic mass is 9.83. The van der Waals surface area contributed by atoms with Crippen molar-refractivity contribution in [2.45, 2.75) is 107 Å². The number of hydrogen-bond acceptors (Lipinski definition) is 8. The molecule has 1 unspecified atom stereocenters. The summed E-state index contributed by atoms with van der Waals surface area (Å²) in [7, 11) is 0. The van der Waals surface area contributed by atoms with Crippen LogP contribution in [0, 0.1) is 17.6 Å². The highest BCUT2D eigenvalue weighted by Gasteiger charge is 2.33. The molecule has 1 atom stereocenters. The van der Waals surface area contributed by atoms with Gasteiger partial charge in [-0.25, -0.2) is 18.7 Å². The Hall–Kier alpha value is -5.23. The number of rotatable bonds is 10. The molecule has 4 aromatic rings. The number of hydrogen-bond donors (Lipinski definition) is 4. The topological polar surface area (TPSA) is 128 Å². The minimum Gasteiger partial charge on any atom is -0.374 e. The first-order chi connectivity index (χ1) is 27.8. The number of anilines is 2. The van der Waals surface area contributed by atoms with Crippen LogP contribution >= 0.6 is 0 Å². The Morgan fingerprint density at radius 3 is 2.18 bits per heavy atom. The lowest BCUT2D eigenvalue weighted by molar-refractivity contribution is -0.133. The first kappa shape index (κ1) is 38.6. The van der Waals surface area contributed by atoms with E-state index in [1.807, 2.05) is 66.7 Å². The molecule has 3 heterocycles. The van der Waals surface area contributed by atoms with Crippen molar-refractivity contribution in [3.8, 4) is 22.4 Å². The molecule has 4 aliphatic rings. The molecular formula is C45H51F2N7O3. The van der Waals surface area contributed by atoms with Crippen molar-refractivity contribution < 1.29 is 23.2 Å². The van der Waals surface area contributed by atoms with Crippen LogP contribution in [0.25, 0.3) is 22.4 Å². The summed E-state index contributed by atoms with van der Waals surface area (Å²) in [5, 5.41) is 12.2. The normalized spacial score (nSPS) is 24.7. The van der Waals surface area contributed by atoms with Crippen molar-refractivity contribution in [1.29, 1.82) is 0 Å². The summed E-state index contributed by atoms with van der Waals surface area (Å²) in [4.78, 5) is 48.3. The van der Waals surface area contributed by atoms with E-state index in [0.29, 0.717) is 29.7 Å². The van der Waals surface area contributed by atoms with Crippen molar-refractivity contribution in [2.75, 3.05) is 23.7 Å². The molecular weight excluding hydrogens is 725 g/mol. The zero-order valence-corrected chi connectivity index (χ0v) is 32.2. The van der Waals surface area contributed by atoms with Gasteiger partial charge in [0, 0.05) is 41.7 Å². The molecule has 8 rings (SSSR count). The first-order valence-corrected chi connectivity index (χ1v) is 20.6. The largest absolute Gasteiger partial charge is 0.374 e. The zero-order valence-electron chi connectivity index (χ0n) is 32.2. The monoisotopic (exact) mass is 775 g/mol. The highest BCUT2D eigenvalue weighted by atomic mass is 19.1. The summed E-state index contributed by atoms with van der Waals surface area (Å²) in [5.41, 5.74) is 4.26. The van der Waals surface area contributed by atoms with Gasteiger partial charge in [-0.1, -0.05) is 54.6 Å². The Morgan fingerprint density at radius 1 is 0.719 bits per heavy atom. The number of amides is 3. The highest BCUT2D eigenvalue weighted by Crippen LogP contribution is 2.35. The molecule has 12 heteroatoms. The first-order valence-electron chi connectivity index (χ1n) is 20.6. The molecule has 2 aliphatic carbocycles. The second-order valence-electron chi connectivity index (χ2n) is 16.2. The maximum atomic E-state index is 15.3. The molecule has 1 aromatic heterocycles. The second kappa shape index (κ2) is 17.5. The van der Waals surface area contributed by atoms with Crippen LogP contribution < -0.4 is 21.3 Å². The lowest BCUT2D eigenvalue weighted by Gasteiger charge is -2.41. The molecule has 10 nitrogen and oxygen atoms in total. The van der Waals surface area contributed by atoms with Gasteiger partial charge in [-0.05, 0) is 125 Å². The van der Waals surface area contributed by atoms with Crippen molar-refractivity contribution in [2.24, 2.45) is 5.92 Å². The van der Waals surface area contributed by atoms with Gasteiger partial charge in [0.05, 0.1) is 6.20 Å². The van der Waals surface area contributed by atoms with Gasteiger partial charge < -0.3 is 20.9 Å². The quantitative estimate of drug-likeness (QED) is 0.122. The van der Waals surface area contributed by atoms with Crippen molar-refractivity contribution in [1.82, 2.24) is 25.5 Å². The fraction of sp³-hybridized carbons (Fsp3) is 0.444. The van der Waals surface area contributed by atoms with Crippen LogP contribution in [0.2, 0.25) is 0 Å². The van der Waals surface area contributed by atoms with E-state index in [0.717, 1.165) is 94.0 Å². The molecule has 4 N–H and O–H groups in total. The van der Waals surface area contributed by atoms with Gasteiger partial charge in [-0.15, -0.1) is 0 Å². The minimum absolute atomic E-state index is 0.0205. The molecule has 3 amide bonds. The van der Waals surface area contributed by atoms with E-state index < -0.39 is 11.9 Å². The van der Waals surface area contributed by atoms with E-state index >= 15 is 4.39 Å². The molecule has 3 aromatic carbocycles. The Morgan fingerprint density at radius 2 is 1.44 bits per heavy atom. The van der Waals surface area contributed by atoms with Crippen LogP contribution in [0.5, 0.6) is 0 Å². The van der Waals surface area contributed by atoms with Gasteiger partial charge in [0.1, 0.15) is 17.6 Å². The number of piperidine rings is 2. The molecule has 0 spiro atoms. The maximum absolute atomic E-state index is 15.3. The molecule has 298 valence electrons. The minimum atomic E-state index is -0.542. The number of likely N-dealkylation sites (tertiary alicyclic amines) is 1. The summed E-state index contributed by atoms with van der Waals surface area (Å²) in [6.45, 7) is 1.84. The van der Waals surface area contributed by atoms with Crippen LogP contribution in [-0.2, 0) is 14.4 Å². The fourth-order valence-corrected chi connectivity index (χ4v) is 9.26. The van der Waals surface area contributed by atoms with E-state index in [9.17, 15) is 18.8 Å². The maximum Gasteiger partial charge on any atom is 0.249 e. The number of imide groups is 1. The average Bonchev–Trinajstić information content (AvgIpc) is 3.24. The SMILES string of the molecule is O=C1CCC(Nc2ccc(C3CCN(C4CCC(NC(=O)[C@H]5CC[C@H](Nc6ncc(F)c(-c7cccc(-c8ccccc8)c7)n6)CC5)CC4)CC3)c(F)c2)C(=O)N1. The van der Waals surface area contributed by atoms with Gasteiger partial charge in [0.25, 0.3) is 0 Å². The molecule has 0 bridgehead atoms. The number of halogens is 2. The Bertz CT molecular complexity index is 2060. The van der Waals surface area contributed by atoms with E-state index in [1.54, 1.807) is 0 Å². The van der Waals surface area contributed by atoms with Crippen molar-refractivity contribution >= 4 is 29.4 Å². The third-order valence-corrected chi connectivity index (χ3v) is 12.5. The van der Waals surface area contributed by atoms with Gasteiger partial charge in [-0.2, -0.15) is 0 Å².